The van der Waals surface area contributed by atoms with Crippen LogP contribution in [0.2, 0.25) is 0 Å². The first kappa shape index (κ1) is 10.0. The minimum Gasteiger partial charge on any atom is -0.385 e. The number of hydrogen-bond acceptors (Lipinski definition) is 3. The normalized spacial score (nSPS) is 18.5. The van der Waals surface area contributed by atoms with Gasteiger partial charge >= 0.3 is 5.69 Å². The van der Waals surface area contributed by atoms with Crippen LogP contribution in [0.5, 0.6) is 0 Å². The van der Waals surface area contributed by atoms with Gasteiger partial charge in [0.15, 0.2) is 0 Å². The van der Waals surface area contributed by atoms with Gasteiger partial charge < -0.3 is 5.73 Å². The lowest BCUT2D eigenvalue weighted by molar-refractivity contribution is 0.130. The zero-order valence-electron chi connectivity index (χ0n) is 8.75. The molecule has 15 heavy (non-hydrogen) atoms. The number of nitrogens with two attached hydrogens (primary N) is 1. The molecule has 1 aromatic rings. The minimum atomic E-state index is -0.437. The van der Waals surface area contributed by atoms with Gasteiger partial charge in [0, 0.05) is 12.6 Å². The molecule has 1 saturated carbocycles. The second-order valence-electron chi connectivity index (χ2n) is 4.61. The van der Waals surface area contributed by atoms with Gasteiger partial charge in [-0.3, -0.25) is 14.3 Å². The molecular weight excluding hydrogens is 194 g/mol. The standard InChI is InChI=1S/C10H15N3O2/c1-10(3-2-4-10)6-13-7(11)5-8(14)12-9(13)15/h5H,2-4,6,11H2,1H3,(H,12,14,15). The first-order valence-corrected chi connectivity index (χ1v) is 5.10. The summed E-state index contributed by atoms with van der Waals surface area (Å²) in [5, 5.41) is 0. The quantitative estimate of drug-likeness (QED) is 0.735. The summed E-state index contributed by atoms with van der Waals surface area (Å²) in [5.41, 5.74) is 4.97. The fourth-order valence-electron chi connectivity index (χ4n) is 2.02. The Balaban J connectivity index is 2.36. The molecule has 0 unspecified atom stereocenters. The molecule has 0 spiro atoms. The topological polar surface area (TPSA) is 80.9 Å². The smallest absolute Gasteiger partial charge is 0.329 e. The molecule has 5 heteroatoms. The van der Waals surface area contributed by atoms with Crippen molar-refractivity contribution in [2.45, 2.75) is 32.7 Å². The molecule has 0 atom stereocenters. The maximum atomic E-state index is 11.5. The summed E-state index contributed by atoms with van der Waals surface area (Å²) >= 11 is 0. The number of nitrogens with zero attached hydrogens (tertiary/aromatic N) is 1. The van der Waals surface area contributed by atoms with Gasteiger partial charge in [0.25, 0.3) is 5.56 Å². The third-order valence-electron chi connectivity index (χ3n) is 3.17. The highest BCUT2D eigenvalue weighted by molar-refractivity contribution is 5.26. The molecule has 1 aromatic heterocycles. The van der Waals surface area contributed by atoms with Crippen molar-refractivity contribution in [3.05, 3.63) is 26.9 Å². The number of nitrogen functional groups attached to an aromatic ring is 1. The zero-order valence-corrected chi connectivity index (χ0v) is 8.75. The van der Waals surface area contributed by atoms with Crippen molar-refractivity contribution in [1.82, 2.24) is 9.55 Å². The summed E-state index contributed by atoms with van der Waals surface area (Å²) in [6.45, 7) is 2.72. The molecule has 1 fully saturated rings. The molecule has 0 saturated heterocycles. The van der Waals surface area contributed by atoms with Crippen LogP contribution in [-0.4, -0.2) is 9.55 Å². The Hall–Kier alpha value is -1.52. The van der Waals surface area contributed by atoms with Crippen LogP contribution in [0.1, 0.15) is 26.2 Å². The fourth-order valence-corrected chi connectivity index (χ4v) is 2.02. The predicted molar refractivity (Wildman–Crippen MR) is 57.7 cm³/mol. The van der Waals surface area contributed by atoms with Crippen LogP contribution in [0.25, 0.3) is 0 Å². The zero-order chi connectivity index (χ0) is 11.1. The largest absolute Gasteiger partial charge is 0.385 e. The lowest BCUT2D eigenvalue weighted by Gasteiger charge is -2.38. The van der Waals surface area contributed by atoms with Crippen molar-refractivity contribution in [1.29, 1.82) is 0 Å². The van der Waals surface area contributed by atoms with Crippen molar-refractivity contribution in [3.8, 4) is 0 Å². The van der Waals surface area contributed by atoms with E-state index in [2.05, 4.69) is 11.9 Å². The molecule has 0 radical (unpaired) electrons. The molecule has 82 valence electrons. The summed E-state index contributed by atoms with van der Waals surface area (Å²) in [4.78, 5) is 24.7. The van der Waals surface area contributed by atoms with E-state index in [-0.39, 0.29) is 11.2 Å². The Kier molecular flexibility index (Phi) is 2.17. The Morgan fingerprint density at radius 2 is 2.20 bits per heavy atom. The van der Waals surface area contributed by atoms with Crippen LogP contribution in [0.3, 0.4) is 0 Å². The van der Waals surface area contributed by atoms with Crippen molar-refractivity contribution in [3.63, 3.8) is 0 Å². The monoisotopic (exact) mass is 209 g/mol. The molecule has 0 aliphatic heterocycles. The van der Waals surface area contributed by atoms with Gasteiger partial charge in [0.2, 0.25) is 0 Å². The van der Waals surface area contributed by atoms with E-state index in [1.165, 1.54) is 17.1 Å². The second kappa shape index (κ2) is 3.25. The molecule has 5 nitrogen and oxygen atoms in total. The summed E-state index contributed by atoms with van der Waals surface area (Å²) in [6.07, 6.45) is 3.42. The highest BCUT2D eigenvalue weighted by Crippen LogP contribution is 2.41. The maximum Gasteiger partial charge on any atom is 0.329 e. The molecule has 2 rings (SSSR count). The van der Waals surface area contributed by atoms with Gasteiger partial charge in [-0.15, -0.1) is 0 Å². The molecule has 0 amide bonds. The van der Waals surface area contributed by atoms with E-state index in [0.717, 1.165) is 12.8 Å². The van der Waals surface area contributed by atoms with Crippen LogP contribution in [0.15, 0.2) is 15.7 Å². The average molecular weight is 209 g/mol. The van der Waals surface area contributed by atoms with E-state index >= 15 is 0 Å². The predicted octanol–water partition coefficient (Wildman–Crippen LogP) is 0.309. The molecule has 3 N–H and O–H groups in total. The van der Waals surface area contributed by atoms with Gasteiger partial charge in [0.05, 0.1) is 0 Å². The van der Waals surface area contributed by atoms with E-state index in [0.29, 0.717) is 6.54 Å². The Morgan fingerprint density at radius 1 is 1.53 bits per heavy atom. The molecule has 0 bridgehead atoms. The summed E-state index contributed by atoms with van der Waals surface area (Å²) in [5.74, 6) is 0.247. The van der Waals surface area contributed by atoms with Crippen LogP contribution in [0, 0.1) is 5.41 Å². The SMILES string of the molecule is CC1(Cn2c(N)cc(=O)[nH]c2=O)CCC1. The Bertz CT molecular complexity index is 482. The van der Waals surface area contributed by atoms with Crippen molar-refractivity contribution in [2.24, 2.45) is 5.41 Å². The van der Waals surface area contributed by atoms with Gasteiger partial charge in [-0.1, -0.05) is 13.3 Å². The number of hydrogen-bond donors (Lipinski definition) is 2. The van der Waals surface area contributed by atoms with Crippen LogP contribution in [-0.2, 0) is 6.54 Å². The molecule has 0 aromatic carbocycles. The summed E-state index contributed by atoms with van der Waals surface area (Å²) in [6, 6.07) is 1.25. The number of nitrogens with one attached hydrogen (secondary N) is 1. The second-order valence-corrected chi connectivity index (χ2v) is 4.61. The molecule has 1 heterocycles. The van der Waals surface area contributed by atoms with Gasteiger partial charge in [-0.05, 0) is 18.3 Å². The minimum absolute atomic E-state index is 0.163. The number of rotatable bonds is 2. The van der Waals surface area contributed by atoms with E-state index in [1.807, 2.05) is 0 Å². The fraction of sp³-hybridized carbons (Fsp3) is 0.600. The van der Waals surface area contributed by atoms with Crippen molar-refractivity contribution in [2.75, 3.05) is 5.73 Å². The molecular formula is C10H15N3O2. The van der Waals surface area contributed by atoms with Crippen LogP contribution < -0.4 is 17.0 Å². The first-order chi connectivity index (χ1) is 7.00. The van der Waals surface area contributed by atoms with Crippen molar-refractivity contribution >= 4 is 5.82 Å². The summed E-state index contributed by atoms with van der Waals surface area (Å²) < 4.78 is 1.44. The van der Waals surface area contributed by atoms with E-state index in [9.17, 15) is 9.59 Å². The van der Waals surface area contributed by atoms with Crippen LogP contribution >= 0.6 is 0 Å². The van der Waals surface area contributed by atoms with E-state index in [4.69, 9.17) is 5.73 Å². The lowest BCUT2D eigenvalue weighted by Crippen LogP contribution is -2.39. The Morgan fingerprint density at radius 3 is 2.67 bits per heavy atom. The van der Waals surface area contributed by atoms with Gasteiger partial charge in [0.1, 0.15) is 5.82 Å². The molecule has 1 aliphatic carbocycles. The average Bonchev–Trinajstić information content (AvgIpc) is 2.08. The van der Waals surface area contributed by atoms with E-state index in [1.54, 1.807) is 0 Å². The van der Waals surface area contributed by atoms with Gasteiger partial charge in [-0.25, -0.2) is 4.79 Å². The van der Waals surface area contributed by atoms with E-state index < -0.39 is 11.2 Å². The number of aromatic nitrogens is 2. The first-order valence-electron chi connectivity index (χ1n) is 5.10. The third kappa shape index (κ3) is 1.82. The Labute approximate surface area is 86.9 Å². The maximum absolute atomic E-state index is 11.5. The van der Waals surface area contributed by atoms with Gasteiger partial charge in [-0.2, -0.15) is 0 Å². The highest BCUT2D eigenvalue weighted by Gasteiger charge is 2.32. The highest BCUT2D eigenvalue weighted by atomic mass is 16.2. The summed E-state index contributed by atoms with van der Waals surface area (Å²) in [7, 11) is 0. The number of H-pyrrole nitrogens is 1. The lowest BCUT2D eigenvalue weighted by atomic mass is 9.70. The number of anilines is 1. The number of aromatic amines is 1. The van der Waals surface area contributed by atoms with Crippen LogP contribution in [0.4, 0.5) is 5.82 Å². The van der Waals surface area contributed by atoms with Crippen molar-refractivity contribution < 1.29 is 0 Å². The molecule has 1 aliphatic rings. The third-order valence-corrected chi connectivity index (χ3v) is 3.17.